The number of carbonyl (C=O) groups is 1. The molecule has 38 heavy (non-hydrogen) atoms. The molecule has 1 amide bonds. The third-order valence-corrected chi connectivity index (χ3v) is 7.18. The molecule has 2 aromatic carbocycles. The van der Waals surface area contributed by atoms with Crippen molar-refractivity contribution in [3.05, 3.63) is 75.4 Å². The van der Waals surface area contributed by atoms with Gasteiger partial charge in [0.15, 0.2) is 5.65 Å². The standard InChI is InChI=1S/C28H29Cl2FN6O/c1-3-4-6-24-32-26(25-18(2)34-37(27(25)33-24)23-9-7-22(31)8-10-23)35-11-5-12-36(14-13-35)28(38)19-15-20(29)17-21(30)16-19/h7-10,15-17H,3-6,11-14H2,1-2H3. The molecule has 0 N–H and O–H groups in total. The molecule has 0 radical (unpaired) electrons. The van der Waals surface area contributed by atoms with Crippen LogP contribution in [-0.4, -0.2) is 56.7 Å². The van der Waals surface area contributed by atoms with Crippen LogP contribution in [0.15, 0.2) is 42.5 Å². The Morgan fingerprint density at radius 3 is 2.45 bits per heavy atom. The fraction of sp³-hybridized carbons (Fsp3) is 0.357. The molecule has 198 valence electrons. The normalized spacial score (nSPS) is 14.2. The van der Waals surface area contributed by atoms with Crippen LogP contribution in [-0.2, 0) is 6.42 Å². The molecular formula is C28H29Cl2FN6O. The van der Waals surface area contributed by atoms with Crippen LogP contribution in [0.25, 0.3) is 16.7 Å². The predicted molar refractivity (Wildman–Crippen MR) is 149 cm³/mol. The summed E-state index contributed by atoms with van der Waals surface area (Å²) in [5.74, 6) is 1.19. The Bertz CT molecular complexity index is 1450. The number of anilines is 1. The van der Waals surface area contributed by atoms with E-state index in [1.165, 1.54) is 12.1 Å². The molecule has 0 atom stereocenters. The Labute approximate surface area is 231 Å². The van der Waals surface area contributed by atoms with Gasteiger partial charge in [0.2, 0.25) is 0 Å². The number of carbonyl (C=O) groups excluding carboxylic acids is 1. The van der Waals surface area contributed by atoms with E-state index >= 15 is 0 Å². The second kappa shape index (κ2) is 11.3. The molecule has 5 rings (SSSR count). The molecule has 1 aliphatic heterocycles. The second-order valence-electron chi connectivity index (χ2n) is 9.53. The monoisotopic (exact) mass is 554 g/mol. The maximum atomic E-state index is 13.6. The van der Waals surface area contributed by atoms with Crippen LogP contribution in [0.5, 0.6) is 0 Å². The minimum absolute atomic E-state index is 0.0898. The van der Waals surface area contributed by atoms with E-state index in [2.05, 4.69) is 11.8 Å². The molecule has 10 heteroatoms. The highest BCUT2D eigenvalue weighted by Gasteiger charge is 2.25. The fourth-order valence-electron chi connectivity index (χ4n) is 4.84. The first-order valence-electron chi connectivity index (χ1n) is 12.9. The van der Waals surface area contributed by atoms with E-state index in [1.807, 2.05) is 11.8 Å². The summed E-state index contributed by atoms with van der Waals surface area (Å²) in [6.45, 7) is 6.58. The number of hydrogen-bond donors (Lipinski definition) is 0. The summed E-state index contributed by atoms with van der Waals surface area (Å²) < 4.78 is 15.4. The number of benzene rings is 2. The molecule has 0 spiro atoms. The van der Waals surface area contributed by atoms with Gasteiger partial charge in [0, 0.05) is 48.2 Å². The number of unbranched alkanes of at least 4 members (excludes halogenated alkanes) is 1. The van der Waals surface area contributed by atoms with Gasteiger partial charge in [0.25, 0.3) is 5.91 Å². The minimum Gasteiger partial charge on any atom is -0.354 e. The number of halogens is 3. The third kappa shape index (κ3) is 5.47. The summed E-state index contributed by atoms with van der Waals surface area (Å²) in [6, 6.07) is 11.2. The molecule has 1 fully saturated rings. The number of fused-ring (bicyclic) bond motifs is 1. The first-order chi connectivity index (χ1) is 18.3. The smallest absolute Gasteiger partial charge is 0.254 e. The number of rotatable bonds is 6. The Hall–Kier alpha value is -3.23. The van der Waals surface area contributed by atoms with Crippen LogP contribution in [0.3, 0.4) is 0 Å². The van der Waals surface area contributed by atoms with E-state index in [0.29, 0.717) is 40.9 Å². The number of aryl methyl sites for hydroxylation is 2. The number of amides is 1. The molecule has 7 nitrogen and oxygen atoms in total. The van der Waals surface area contributed by atoms with Crippen LogP contribution in [0.1, 0.15) is 48.1 Å². The van der Waals surface area contributed by atoms with Gasteiger partial charge in [0.05, 0.1) is 16.8 Å². The molecule has 0 unspecified atom stereocenters. The van der Waals surface area contributed by atoms with Gasteiger partial charge in [0.1, 0.15) is 17.5 Å². The summed E-state index contributed by atoms with van der Waals surface area (Å²) in [7, 11) is 0. The quantitative estimate of drug-likeness (QED) is 0.281. The van der Waals surface area contributed by atoms with Gasteiger partial charge in [-0.2, -0.15) is 5.10 Å². The number of nitrogens with zero attached hydrogens (tertiary/aromatic N) is 6. The molecule has 0 bridgehead atoms. The Morgan fingerprint density at radius 2 is 1.74 bits per heavy atom. The zero-order valence-electron chi connectivity index (χ0n) is 21.4. The Morgan fingerprint density at radius 1 is 1.00 bits per heavy atom. The summed E-state index contributed by atoms with van der Waals surface area (Å²) >= 11 is 12.3. The average molecular weight is 555 g/mol. The Kier molecular flexibility index (Phi) is 7.81. The molecule has 1 saturated heterocycles. The van der Waals surface area contributed by atoms with Gasteiger partial charge in [-0.25, -0.2) is 19.0 Å². The second-order valence-corrected chi connectivity index (χ2v) is 10.4. The van der Waals surface area contributed by atoms with Crippen molar-refractivity contribution in [3.63, 3.8) is 0 Å². The average Bonchev–Trinajstić information content (AvgIpc) is 3.06. The highest BCUT2D eigenvalue weighted by atomic mass is 35.5. The lowest BCUT2D eigenvalue weighted by atomic mass is 10.2. The van der Waals surface area contributed by atoms with E-state index in [-0.39, 0.29) is 11.7 Å². The molecule has 0 aliphatic carbocycles. The first kappa shape index (κ1) is 26.4. The third-order valence-electron chi connectivity index (χ3n) is 6.75. The van der Waals surface area contributed by atoms with Gasteiger partial charge >= 0.3 is 0 Å². The molecular weight excluding hydrogens is 526 g/mol. The summed E-state index contributed by atoms with van der Waals surface area (Å²) in [5, 5.41) is 6.51. The largest absolute Gasteiger partial charge is 0.354 e. The van der Waals surface area contributed by atoms with Crippen molar-refractivity contribution in [2.45, 2.75) is 39.5 Å². The van der Waals surface area contributed by atoms with Crippen molar-refractivity contribution in [3.8, 4) is 5.69 Å². The SMILES string of the molecule is CCCCc1nc(N2CCCN(C(=O)c3cc(Cl)cc(Cl)c3)CC2)c2c(C)nn(-c3ccc(F)cc3)c2n1. The van der Waals surface area contributed by atoms with Gasteiger partial charge in [-0.15, -0.1) is 0 Å². The predicted octanol–water partition coefficient (Wildman–Crippen LogP) is 6.26. The zero-order chi connectivity index (χ0) is 26.8. The minimum atomic E-state index is -0.301. The fourth-order valence-corrected chi connectivity index (χ4v) is 5.36. The maximum Gasteiger partial charge on any atom is 0.254 e. The lowest BCUT2D eigenvalue weighted by molar-refractivity contribution is 0.0767. The van der Waals surface area contributed by atoms with Gasteiger partial charge < -0.3 is 9.80 Å². The number of aromatic nitrogens is 4. The molecule has 3 heterocycles. The van der Waals surface area contributed by atoms with Crippen LogP contribution in [0.2, 0.25) is 10.0 Å². The van der Waals surface area contributed by atoms with Crippen molar-refractivity contribution >= 4 is 46.0 Å². The summed E-state index contributed by atoms with van der Waals surface area (Å²) in [5.41, 5.74) is 2.73. The van der Waals surface area contributed by atoms with E-state index in [1.54, 1.807) is 35.0 Å². The van der Waals surface area contributed by atoms with Crippen molar-refractivity contribution in [2.75, 3.05) is 31.1 Å². The highest BCUT2D eigenvalue weighted by molar-refractivity contribution is 6.35. The van der Waals surface area contributed by atoms with E-state index in [9.17, 15) is 9.18 Å². The van der Waals surface area contributed by atoms with Gasteiger partial charge in [-0.1, -0.05) is 36.5 Å². The molecule has 1 aliphatic rings. The topological polar surface area (TPSA) is 67.2 Å². The van der Waals surface area contributed by atoms with E-state index < -0.39 is 0 Å². The van der Waals surface area contributed by atoms with Crippen molar-refractivity contribution in [1.29, 1.82) is 0 Å². The summed E-state index contributed by atoms with van der Waals surface area (Å²) in [6.07, 6.45) is 3.53. The zero-order valence-corrected chi connectivity index (χ0v) is 22.9. The van der Waals surface area contributed by atoms with Crippen molar-refractivity contribution in [1.82, 2.24) is 24.6 Å². The van der Waals surface area contributed by atoms with Crippen LogP contribution < -0.4 is 4.90 Å². The first-order valence-corrected chi connectivity index (χ1v) is 13.6. The Balaban J connectivity index is 1.49. The van der Waals surface area contributed by atoms with Crippen LogP contribution in [0.4, 0.5) is 10.2 Å². The molecule has 0 saturated carbocycles. The van der Waals surface area contributed by atoms with E-state index in [4.69, 9.17) is 38.3 Å². The van der Waals surface area contributed by atoms with Crippen LogP contribution >= 0.6 is 23.2 Å². The summed E-state index contributed by atoms with van der Waals surface area (Å²) in [4.78, 5) is 27.2. The molecule has 4 aromatic rings. The van der Waals surface area contributed by atoms with Gasteiger partial charge in [-0.3, -0.25) is 4.79 Å². The van der Waals surface area contributed by atoms with Crippen molar-refractivity contribution < 1.29 is 9.18 Å². The van der Waals surface area contributed by atoms with Crippen LogP contribution in [0, 0.1) is 12.7 Å². The lowest BCUT2D eigenvalue weighted by Crippen LogP contribution is -2.35. The lowest BCUT2D eigenvalue weighted by Gasteiger charge is -2.24. The van der Waals surface area contributed by atoms with Crippen molar-refractivity contribution in [2.24, 2.45) is 0 Å². The highest BCUT2D eigenvalue weighted by Crippen LogP contribution is 2.30. The van der Waals surface area contributed by atoms with Gasteiger partial charge in [-0.05, 0) is 62.2 Å². The number of hydrogen-bond acceptors (Lipinski definition) is 5. The van der Waals surface area contributed by atoms with E-state index in [0.717, 1.165) is 60.6 Å². The molecule has 2 aromatic heterocycles. The maximum absolute atomic E-state index is 13.6.